The molecule has 0 amide bonds. The van der Waals surface area contributed by atoms with Crippen LogP contribution in [-0.2, 0) is 5.41 Å². The average Bonchev–Trinajstić information content (AvgIpc) is 1.61. The standard InChI is InChI=1S/C57H42N2.C56H38N2/c1-57(2)53-19-11-9-17-49(53)50-35-34-48(38-54(50)57)58(46-30-25-41(26-31-46)39-13-5-3-6-14-39)47-32-27-42(28-33-47)40-21-23-43(24-22-40)44-29-36-56-52(37-44)51-18-10-12-20-55(51)59(56)45-15-7-4-8-16-45;1-3-11-39(12-4-1)41-21-29-49(30-22-41)57(50-31-23-42(24-32-50)46-20-19-40-13-7-8-15-45(40)37-46)51-33-25-43(26-34-51)47-28-35-54-53(38-47)56-52-18-10-9-14-44(52)27-36-55(56)58(54)48-16-5-2-6-17-48/h3-38H,1-2H3;1-38H. The van der Waals surface area contributed by atoms with Crippen LogP contribution in [-0.4, -0.2) is 9.13 Å². The molecule has 0 atom stereocenters. The Morgan fingerprint density at radius 2 is 0.513 bits per heavy atom. The van der Waals surface area contributed by atoms with Crippen LogP contribution in [0.5, 0.6) is 0 Å². The van der Waals surface area contributed by atoms with Gasteiger partial charge in [0.2, 0.25) is 0 Å². The van der Waals surface area contributed by atoms with Crippen LogP contribution in [0, 0.1) is 0 Å². The van der Waals surface area contributed by atoms with Gasteiger partial charge in [0.05, 0.1) is 22.1 Å². The topological polar surface area (TPSA) is 16.3 Å². The summed E-state index contributed by atoms with van der Waals surface area (Å²) in [5.74, 6) is 0. The smallest absolute Gasteiger partial charge is 0.0547 e. The van der Waals surface area contributed by atoms with Gasteiger partial charge in [0, 0.05) is 72.5 Å². The zero-order valence-corrected chi connectivity index (χ0v) is 65.0. The molecule has 4 heteroatoms. The third kappa shape index (κ3) is 12.8. The molecule has 4 nitrogen and oxygen atoms in total. The van der Waals surface area contributed by atoms with E-state index in [4.69, 9.17) is 0 Å². The summed E-state index contributed by atoms with van der Waals surface area (Å²) in [5.41, 5.74) is 33.6. The Kier molecular flexibility index (Phi) is 17.6. The largest absolute Gasteiger partial charge is 0.311 e. The molecule has 0 unspecified atom stereocenters. The molecule has 2 aromatic heterocycles. The van der Waals surface area contributed by atoms with Crippen molar-refractivity contribution in [3.63, 3.8) is 0 Å². The number of anilines is 6. The Labute approximate surface area is 682 Å². The highest BCUT2D eigenvalue weighted by molar-refractivity contribution is 6.22. The van der Waals surface area contributed by atoms with E-state index in [2.05, 4.69) is 482 Å². The van der Waals surface area contributed by atoms with Gasteiger partial charge in [-0.25, -0.2) is 0 Å². The maximum absolute atomic E-state index is 2.41. The van der Waals surface area contributed by atoms with Crippen molar-refractivity contribution in [1.29, 1.82) is 0 Å². The Morgan fingerprint density at radius 1 is 0.188 bits per heavy atom. The van der Waals surface area contributed by atoms with Crippen molar-refractivity contribution in [2.24, 2.45) is 0 Å². The fourth-order valence-electron chi connectivity index (χ4n) is 18.1. The molecule has 552 valence electrons. The molecule has 0 bridgehead atoms. The zero-order chi connectivity index (χ0) is 77.9. The van der Waals surface area contributed by atoms with Crippen molar-refractivity contribution in [2.45, 2.75) is 19.3 Å². The van der Waals surface area contributed by atoms with Gasteiger partial charge in [-0.2, -0.15) is 0 Å². The van der Waals surface area contributed by atoms with Crippen LogP contribution in [0.3, 0.4) is 0 Å². The van der Waals surface area contributed by atoms with Crippen LogP contribution in [0.4, 0.5) is 34.1 Å². The van der Waals surface area contributed by atoms with E-state index in [0.717, 1.165) is 39.8 Å². The molecule has 21 aromatic rings. The van der Waals surface area contributed by atoms with Gasteiger partial charge in [-0.3, -0.25) is 0 Å². The highest BCUT2D eigenvalue weighted by Crippen LogP contribution is 2.52. The second kappa shape index (κ2) is 29.5. The molecule has 1 aliphatic rings. The molecule has 2 heterocycles. The first-order valence-electron chi connectivity index (χ1n) is 40.4. The number of benzene rings is 19. The molecule has 1 aliphatic carbocycles. The quantitative estimate of drug-likeness (QED) is 0.108. The molecule has 0 spiro atoms. The fraction of sp³-hybridized carbons (Fsp3) is 0.0265. The lowest BCUT2D eigenvalue weighted by Gasteiger charge is -2.28. The van der Waals surface area contributed by atoms with Crippen LogP contribution >= 0.6 is 0 Å². The lowest BCUT2D eigenvalue weighted by Crippen LogP contribution is -2.16. The highest BCUT2D eigenvalue weighted by Gasteiger charge is 2.36. The summed E-state index contributed by atoms with van der Waals surface area (Å²) in [6.07, 6.45) is 0. The Morgan fingerprint density at radius 3 is 1.04 bits per heavy atom. The Balaban J connectivity index is 0.000000146. The van der Waals surface area contributed by atoms with E-state index in [1.807, 2.05) is 0 Å². The van der Waals surface area contributed by atoms with E-state index in [0.29, 0.717) is 0 Å². The van der Waals surface area contributed by atoms with E-state index in [-0.39, 0.29) is 5.41 Å². The molecule has 19 aromatic carbocycles. The maximum Gasteiger partial charge on any atom is 0.0547 e. The second-order valence-electron chi connectivity index (χ2n) is 31.2. The monoisotopic (exact) mass is 1490 g/mol. The van der Waals surface area contributed by atoms with Crippen molar-refractivity contribution in [3.05, 3.63) is 460 Å². The van der Waals surface area contributed by atoms with Crippen molar-refractivity contribution in [1.82, 2.24) is 9.13 Å². The third-order valence-electron chi connectivity index (χ3n) is 24.0. The van der Waals surface area contributed by atoms with E-state index in [9.17, 15) is 0 Å². The predicted molar refractivity (Wildman–Crippen MR) is 496 cm³/mol. The van der Waals surface area contributed by atoms with Gasteiger partial charge < -0.3 is 18.9 Å². The minimum atomic E-state index is -0.0897. The number of hydrogen-bond donors (Lipinski definition) is 0. The highest BCUT2D eigenvalue weighted by atomic mass is 15.1. The van der Waals surface area contributed by atoms with Gasteiger partial charge >= 0.3 is 0 Å². The van der Waals surface area contributed by atoms with Crippen molar-refractivity contribution < 1.29 is 0 Å². The first-order valence-corrected chi connectivity index (χ1v) is 40.4. The van der Waals surface area contributed by atoms with E-state index in [1.165, 1.54) is 160 Å². The molecule has 0 aliphatic heterocycles. The summed E-state index contributed by atoms with van der Waals surface area (Å²) >= 11 is 0. The van der Waals surface area contributed by atoms with Gasteiger partial charge in [0.1, 0.15) is 0 Å². The summed E-state index contributed by atoms with van der Waals surface area (Å²) < 4.78 is 4.77. The molecule has 22 rings (SSSR count). The molecule has 0 fully saturated rings. The van der Waals surface area contributed by atoms with Gasteiger partial charge in [0.25, 0.3) is 0 Å². The van der Waals surface area contributed by atoms with E-state index >= 15 is 0 Å². The van der Waals surface area contributed by atoms with Crippen LogP contribution in [0.25, 0.3) is 154 Å². The lowest BCUT2D eigenvalue weighted by molar-refractivity contribution is 0.660. The Hall–Kier alpha value is -15.1. The van der Waals surface area contributed by atoms with Crippen LogP contribution in [0.2, 0.25) is 0 Å². The first-order chi connectivity index (χ1) is 57.8. The molecule has 0 saturated heterocycles. The summed E-state index contributed by atoms with van der Waals surface area (Å²) in [6, 6.07) is 163. The fourth-order valence-corrected chi connectivity index (χ4v) is 18.1. The molecule has 117 heavy (non-hydrogen) atoms. The average molecular weight is 1490 g/mol. The van der Waals surface area contributed by atoms with Gasteiger partial charge in [-0.05, 0) is 250 Å². The normalized spacial score (nSPS) is 12.1. The number of para-hydroxylation sites is 3. The molecule has 0 saturated carbocycles. The zero-order valence-electron chi connectivity index (χ0n) is 65.0. The molecular weight excluding hydrogens is 1410 g/mol. The minimum absolute atomic E-state index is 0.0897. The predicted octanol–water partition coefficient (Wildman–Crippen LogP) is 31.1. The van der Waals surface area contributed by atoms with E-state index in [1.54, 1.807) is 0 Å². The van der Waals surface area contributed by atoms with Gasteiger partial charge in [0.15, 0.2) is 0 Å². The summed E-state index contributed by atoms with van der Waals surface area (Å²) in [5, 5.41) is 10.1. The third-order valence-corrected chi connectivity index (χ3v) is 24.0. The molecular formula is C113H80N4. The number of fused-ring (bicyclic) bond motifs is 12. The summed E-state index contributed by atoms with van der Waals surface area (Å²) in [7, 11) is 0. The molecule has 0 radical (unpaired) electrons. The molecule has 0 N–H and O–H groups in total. The van der Waals surface area contributed by atoms with Crippen LogP contribution in [0.15, 0.2) is 449 Å². The number of rotatable bonds is 14. The van der Waals surface area contributed by atoms with Gasteiger partial charge in [-0.15, -0.1) is 0 Å². The first kappa shape index (κ1) is 69.8. The maximum atomic E-state index is 2.41. The number of aromatic nitrogens is 2. The SMILES string of the molecule is CC1(C)c2ccccc2-c2ccc(N(c3ccc(-c4ccccc4)cc3)c3ccc(-c4ccc(-c5ccc6c(c5)c5ccccc5n6-c5ccccc5)cc4)cc3)cc21.c1ccc(-c2ccc(N(c3ccc(-c4ccc5ccccc5c4)cc3)c3ccc(-c4ccc5c(c4)c4c6ccccc6ccc4n5-c4ccccc4)cc3)cc2)cc1. The summed E-state index contributed by atoms with van der Waals surface area (Å²) in [6.45, 7) is 4.70. The van der Waals surface area contributed by atoms with Crippen LogP contribution < -0.4 is 9.80 Å². The van der Waals surface area contributed by atoms with Crippen molar-refractivity contribution in [2.75, 3.05) is 9.80 Å². The van der Waals surface area contributed by atoms with E-state index < -0.39 is 0 Å². The van der Waals surface area contributed by atoms with Gasteiger partial charge in [-0.1, -0.05) is 323 Å². The second-order valence-corrected chi connectivity index (χ2v) is 31.2. The van der Waals surface area contributed by atoms with Crippen molar-refractivity contribution in [3.8, 4) is 89.3 Å². The summed E-state index contributed by atoms with van der Waals surface area (Å²) in [4.78, 5) is 4.75. The number of nitrogens with zero attached hydrogens (tertiary/aromatic N) is 4. The minimum Gasteiger partial charge on any atom is -0.311 e. The number of hydrogen-bond acceptors (Lipinski definition) is 2. The lowest BCUT2D eigenvalue weighted by atomic mass is 9.82. The Bertz CT molecular complexity index is 7250. The van der Waals surface area contributed by atoms with Crippen molar-refractivity contribution >= 4 is 99.3 Å². The van der Waals surface area contributed by atoms with Crippen LogP contribution in [0.1, 0.15) is 25.0 Å².